The van der Waals surface area contributed by atoms with E-state index in [2.05, 4.69) is 6.08 Å². The number of furan rings is 1. The summed E-state index contributed by atoms with van der Waals surface area (Å²) >= 11 is 5.96. The Hall–Kier alpha value is -1.67. The quantitative estimate of drug-likeness (QED) is 0.827. The van der Waals surface area contributed by atoms with E-state index in [4.69, 9.17) is 21.8 Å². The molecule has 0 amide bonds. The number of hydrogen-bond donors (Lipinski definition) is 1. The molecule has 0 spiro atoms. The molecule has 88 valence electrons. The molecule has 1 aromatic carbocycles. The Kier molecular flexibility index (Phi) is 3.55. The Balaban J connectivity index is 2.21. The Bertz CT molecular complexity index is 529. The minimum atomic E-state index is 0.699. The molecule has 3 heteroatoms. The van der Waals surface area contributed by atoms with E-state index in [1.807, 2.05) is 25.1 Å². The molecule has 0 aliphatic rings. The highest BCUT2D eigenvalue weighted by molar-refractivity contribution is 6.30. The Morgan fingerprint density at radius 2 is 2.24 bits per heavy atom. The number of allylic oxidation sites excluding steroid dienone is 2. The summed E-state index contributed by atoms with van der Waals surface area (Å²) in [6.07, 6.45) is 6.36. The van der Waals surface area contributed by atoms with Crippen LogP contribution in [0.5, 0.6) is 0 Å². The zero-order chi connectivity index (χ0) is 12.3. The number of hydrogen-bond acceptors (Lipinski definition) is 2. The molecule has 0 saturated heterocycles. The van der Waals surface area contributed by atoms with Crippen LogP contribution < -0.4 is 5.73 Å². The minimum absolute atomic E-state index is 0.699. The molecule has 0 radical (unpaired) electrons. The van der Waals surface area contributed by atoms with Crippen LogP contribution in [-0.2, 0) is 6.42 Å². The maximum atomic E-state index is 5.96. The van der Waals surface area contributed by atoms with Crippen molar-refractivity contribution in [1.82, 2.24) is 0 Å². The van der Waals surface area contributed by atoms with Crippen LogP contribution in [0.3, 0.4) is 0 Å². The predicted octanol–water partition coefficient (Wildman–Crippen LogP) is 4.16. The van der Waals surface area contributed by atoms with Crippen LogP contribution in [0.2, 0.25) is 5.02 Å². The van der Waals surface area contributed by atoms with E-state index in [0.717, 1.165) is 28.8 Å². The Morgan fingerprint density at radius 3 is 2.94 bits per heavy atom. The smallest absolute Gasteiger partial charge is 0.0937 e. The van der Waals surface area contributed by atoms with Gasteiger partial charge in [-0.2, -0.15) is 0 Å². The van der Waals surface area contributed by atoms with Gasteiger partial charge >= 0.3 is 0 Å². The molecule has 2 nitrogen and oxygen atoms in total. The van der Waals surface area contributed by atoms with Gasteiger partial charge in [-0.3, -0.25) is 0 Å². The van der Waals surface area contributed by atoms with Crippen LogP contribution in [0.1, 0.15) is 18.1 Å². The first-order valence-electron chi connectivity index (χ1n) is 5.40. The van der Waals surface area contributed by atoms with Crippen LogP contribution in [-0.4, -0.2) is 0 Å². The molecule has 2 aromatic rings. The van der Waals surface area contributed by atoms with Crippen molar-refractivity contribution in [2.45, 2.75) is 13.3 Å². The van der Waals surface area contributed by atoms with Crippen LogP contribution in [0, 0.1) is 0 Å². The van der Waals surface area contributed by atoms with Crippen molar-refractivity contribution in [3.63, 3.8) is 0 Å². The number of benzene rings is 1. The first-order valence-corrected chi connectivity index (χ1v) is 5.78. The van der Waals surface area contributed by atoms with Gasteiger partial charge in [0.25, 0.3) is 0 Å². The molecular weight excluding hydrogens is 234 g/mol. The normalized spacial score (nSPS) is 11.8. The molecule has 0 fully saturated rings. The maximum Gasteiger partial charge on any atom is 0.0937 e. The summed E-state index contributed by atoms with van der Waals surface area (Å²) in [5.41, 5.74) is 9.91. The molecule has 1 aromatic heterocycles. The summed E-state index contributed by atoms with van der Waals surface area (Å²) in [4.78, 5) is 0. The van der Waals surface area contributed by atoms with E-state index < -0.39 is 0 Å². The van der Waals surface area contributed by atoms with Gasteiger partial charge in [0.05, 0.1) is 12.5 Å². The van der Waals surface area contributed by atoms with Gasteiger partial charge in [0.1, 0.15) is 0 Å². The molecule has 2 rings (SSSR count). The Labute approximate surface area is 106 Å². The van der Waals surface area contributed by atoms with E-state index in [0.29, 0.717) is 5.02 Å². The van der Waals surface area contributed by atoms with Crippen molar-refractivity contribution in [3.8, 4) is 0 Å². The van der Waals surface area contributed by atoms with E-state index in [1.54, 1.807) is 18.6 Å². The van der Waals surface area contributed by atoms with Gasteiger partial charge in [-0.25, -0.2) is 0 Å². The van der Waals surface area contributed by atoms with E-state index in [9.17, 15) is 0 Å². The van der Waals surface area contributed by atoms with Gasteiger partial charge in [-0.15, -0.1) is 0 Å². The summed E-state index contributed by atoms with van der Waals surface area (Å²) in [6.45, 7) is 2.03. The summed E-state index contributed by atoms with van der Waals surface area (Å²) in [5, 5.41) is 0.699. The second-order valence-electron chi connectivity index (χ2n) is 3.95. The van der Waals surface area contributed by atoms with Gasteiger partial charge < -0.3 is 10.2 Å². The van der Waals surface area contributed by atoms with Crippen molar-refractivity contribution in [1.29, 1.82) is 0 Å². The highest BCUT2D eigenvalue weighted by Crippen LogP contribution is 2.25. The van der Waals surface area contributed by atoms with Crippen molar-refractivity contribution >= 4 is 22.9 Å². The zero-order valence-corrected chi connectivity index (χ0v) is 10.4. The molecular formula is C14H14ClNO. The number of nitrogen functional groups attached to an aromatic ring is 1. The van der Waals surface area contributed by atoms with Gasteiger partial charge in [0, 0.05) is 16.3 Å². The highest BCUT2D eigenvalue weighted by atomic mass is 35.5. The summed E-state index contributed by atoms with van der Waals surface area (Å²) < 4.78 is 5.02. The maximum absolute atomic E-state index is 5.96. The molecule has 0 atom stereocenters. The number of halogens is 1. The van der Waals surface area contributed by atoms with Crippen LogP contribution >= 0.6 is 11.6 Å². The number of rotatable bonds is 3. The van der Waals surface area contributed by atoms with E-state index in [-0.39, 0.29) is 0 Å². The molecule has 1 heterocycles. The first kappa shape index (κ1) is 11.8. The average molecular weight is 248 g/mol. The van der Waals surface area contributed by atoms with Crippen LogP contribution in [0.25, 0.3) is 5.57 Å². The topological polar surface area (TPSA) is 39.2 Å². The fourth-order valence-corrected chi connectivity index (χ4v) is 1.83. The van der Waals surface area contributed by atoms with Gasteiger partial charge in [-0.1, -0.05) is 17.7 Å². The lowest BCUT2D eigenvalue weighted by molar-refractivity contribution is 0.565. The van der Waals surface area contributed by atoms with E-state index >= 15 is 0 Å². The fraction of sp³-hybridized carbons (Fsp3) is 0.143. The standard InChI is InChI=1S/C14H14ClNO/c1-10(2-3-11-6-7-17-9-11)13-8-12(15)4-5-14(13)16/h2,4-9H,3,16H2,1H3/b10-2+. The zero-order valence-electron chi connectivity index (χ0n) is 9.61. The van der Waals surface area contributed by atoms with Crippen LogP contribution in [0.15, 0.2) is 47.3 Å². The second kappa shape index (κ2) is 5.11. The largest absolute Gasteiger partial charge is 0.472 e. The van der Waals surface area contributed by atoms with Crippen molar-refractivity contribution in [2.75, 3.05) is 5.73 Å². The monoisotopic (exact) mass is 247 g/mol. The van der Waals surface area contributed by atoms with Gasteiger partial charge in [-0.05, 0) is 48.7 Å². The van der Waals surface area contributed by atoms with Gasteiger partial charge in [0.2, 0.25) is 0 Å². The Morgan fingerprint density at radius 1 is 1.41 bits per heavy atom. The highest BCUT2D eigenvalue weighted by Gasteiger charge is 2.02. The lowest BCUT2D eigenvalue weighted by atomic mass is 10.0. The molecule has 0 saturated carbocycles. The minimum Gasteiger partial charge on any atom is -0.472 e. The molecule has 0 aliphatic carbocycles. The fourth-order valence-electron chi connectivity index (χ4n) is 1.66. The van der Waals surface area contributed by atoms with Crippen molar-refractivity contribution in [3.05, 3.63) is 59.0 Å². The average Bonchev–Trinajstić information content (AvgIpc) is 2.82. The third-order valence-corrected chi connectivity index (χ3v) is 2.90. The number of anilines is 1. The lowest BCUT2D eigenvalue weighted by Gasteiger charge is -2.06. The molecule has 0 unspecified atom stereocenters. The second-order valence-corrected chi connectivity index (χ2v) is 4.39. The molecule has 0 bridgehead atoms. The van der Waals surface area contributed by atoms with E-state index in [1.165, 1.54) is 0 Å². The molecule has 17 heavy (non-hydrogen) atoms. The lowest BCUT2D eigenvalue weighted by Crippen LogP contribution is -1.92. The van der Waals surface area contributed by atoms with Crippen LogP contribution in [0.4, 0.5) is 5.69 Å². The van der Waals surface area contributed by atoms with Crippen molar-refractivity contribution in [2.24, 2.45) is 0 Å². The number of nitrogens with two attached hydrogens (primary N) is 1. The summed E-state index contributed by atoms with van der Waals surface area (Å²) in [5.74, 6) is 0. The third-order valence-electron chi connectivity index (χ3n) is 2.66. The molecule has 2 N–H and O–H groups in total. The van der Waals surface area contributed by atoms with Crippen molar-refractivity contribution < 1.29 is 4.42 Å². The third kappa shape index (κ3) is 2.92. The molecule has 0 aliphatic heterocycles. The SMILES string of the molecule is C/C(=C\Cc1ccoc1)c1cc(Cl)ccc1N. The predicted molar refractivity (Wildman–Crippen MR) is 71.9 cm³/mol. The van der Waals surface area contributed by atoms with Gasteiger partial charge in [0.15, 0.2) is 0 Å². The summed E-state index contributed by atoms with van der Waals surface area (Å²) in [6, 6.07) is 7.46. The first-order chi connectivity index (χ1) is 8.16. The summed E-state index contributed by atoms with van der Waals surface area (Å²) in [7, 11) is 0.